The Kier molecular flexibility index (Phi) is 5.38. The molecule has 0 spiro atoms. The largest absolute Gasteiger partial charge is 0.334 e. The highest BCUT2D eigenvalue weighted by Gasteiger charge is 2.36. The van der Waals surface area contributed by atoms with Gasteiger partial charge < -0.3 is 10.2 Å². The maximum absolute atomic E-state index is 12.6. The molecule has 1 amide bonds. The molecule has 2 heterocycles. The summed E-state index contributed by atoms with van der Waals surface area (Å²) in [5, 5.41) is 3.33. The Morgan fingerprint density at radius 2 is 2.20 bits per heavy atom. The molecule has 110 valence electrons. The van der Waals surface area contributed by atoms with Gasteiger partial charge in [-0.25, -0.2) is 0 Å². The van der Waals surface area contributed by atoms with Crippen molar-refractivity contribution in [3.05, 3.63) is 30.1 Å². The topological polar surface area (TPSA) is 45.2 Å². The molecule has 4 nitrogen and oxygen atoms in total. The van der Waals surface area contributed by atoms with Gasteiger partial charge in [-0.3, -0.25) is 9.78 Å². The summed E-state index contributed by atoms with van der Waals surface area (Å²) in [5.41, 5.74) is 0.992. The lowest BCUT2D eigenvalue weighted by molar-refractivity contribution is -0.137. The minimum absolute atomic E-state index is 0. The summed E-state index contributed by atoms with van der Waals surface area (Å²) < 4.78 is 0. The summed E-state index contributed by atoms with van der Waals surface area (Å²) in [6, 6.07) is 6.36. The van der Waals surface area contributed by atoms with Crippen LogP contribution in [-0.4, -0.2) is 34.9 Å². The highest BCUT2D eigenvalue weighted by Crippen LogP contribution is 2.30. The summed E-state index contributed by atoms with van der Waals surface area (Å²) in [4.78, 5) is 19.0. The molecule has 1 aromatic rings. The van der Waals surface area contributed by atoms with E-state index in [1.807, 2.05) is 18.2 Å². The van der Waals surface area contributed by atoms with E-state index in [0.29, 0.717) is 18.5 Å². The van der Waals surface area contributed by atoms with Crippen molar-refractivity contribution in [2.24, 2.45) is 5.92 Å². The molecular weight excluding hydrogens is 274 g/mol. The number of carbonyl (C=O) groups is 1. The van der Waals surface area contributed by atoms with Crippen LogP contribution in [0.2, 0.25) is 0 Å². The molecule has 1 unspecified atom stereocenters. The van der Waals surface area contributed by atoms with Crippen molar-refractivity contribution in [3.8, 4) is 0 Å². The number of rotatable bonds is 4. The zero-order chi connectivity index (χ0) is 13.1. The molecular formula is C15H22ClN3O. The SMILES string of the molecule is Cl.O=C(C1CCCNC1)N(Cc1ccccn1)C1CC1. The maximum atomic E-state index is 12.6. The van der Waals surface area contributed by atoms with Crippen molar-refractivity contribution < 1.29 is 4.79 Å². The Hall–Kier alpha value is -1.13. The second-order valence-corrected chi connectivity index (χ2v) is 5.56. The number of nitrogens with one attached hydrogen (secondary N) is 1. The van der Waals surface area contributed by atoms with Crippen LogP contribution in [0.25, 0.3) is 0 Å². The molecule has 1 aliphatic carbocycles. The molecule has 1 aromatic heterocycles. The van der Waals surface area contributed by atoms with Gasteiger partial charge in [-0.2, -0.15) is 0 Å². The average Bonchev–Trinajstić information content (AvgIpc) is 3.31. The first kappa shape index (κ1) is 15.3. The van der Waals surface area contributed by atoms with E-state index in [1.54, 1.807) is 6.20 Å². The van der Waals surface area contributed by atoms with Gasteiger partial charge >= 0.3 is 0 Å². The van der Waals surface area contributed by atoms with E-state index in [4.69, 9.17) is 0 Å². The van der Waals surface area contributed by atoms with Crippen molar-refractivity contribution in [1.29, 1.82) is 0 Å². The second kappa shape index (κ2) is 7.04. The fraction of sp³-hybridized carbons (Fsp3) is 0.600. The monoisotopic (exact) mass is 295 g/mol. The molecule has 0 bridgehead atoms. The van der Waals surface area contributed by atoms with Gasteiger partial charge in [0.25, 0.3) is 0 Å². The number of hydrogen-bond acceptors (Lipinski definition) is 3. The third kappa shape index (κ3) is 3.70. The molecule has 5 heteroatoms. The van der Waals surface area contributed by atoms with Gasteiger partial charge in [-0.15, -0.1) is 12.4 Å². The van der Waals surface area contributed by atoms with Crippen LogP contribution in [0.5, 0.6) is 0 Å². The quantitative estimate of drug-likeness (QED) is 0.924. The molecule has 1 atom stereocenters. The van der Waals surface area contributed by atoms with E-state index in [0.717, 1.165) is 44.5 Å². The van der Waals surface area contributed by atoms with Crippen LogP contribution in [-0.2, 0) is 11.3 Å². The van der Waals surface area contributed by atoms with Crippen molar-refractivity contribution in [3.63, 3.8) is 0 Å². The molecule has 1 saturated carbocycles. The third-order valence-electron chi connectivity index (χ3n) is 3.98. The highest BCUT2D eigenvalue weighted by molar-refractivity contribution is 5.85. The fourth-order valence-electron chi connectivity index (χ4n) is 2.74. The predicted octanol–water partition coefficient (Wildman–Crippen LogP) is 1.99. The first-order valence-electron chi connectivity index (χ1n) is 7.25. The van der Waals surface area contributed by atoms with E-state index in [1.165, 1.54) is 0 Å². The number of aromatic nitrogens is 1. The summed E-state index contributed by atoms with van der Waals surface area (Å²) in [5.74, 6) is 0.485. The van der Waals surface area contributed by atoms with Crippen LogP contribution in [0.1, 0.15) is 31.4 Å². The highest BCUT2D eigenvalue weighted by atomic mass is 35.5. The Morgan fingerprint density at radius 3 is 2.80 bits per heavy atom. The van der Waals surface area contributed by atoms with Gasteiger partial charge in [-0.05, 0) is 44.4 Å². The average molecular weight is 296 g/mol. The molecule has 20 heavy (non-hydrogen) atoms. The zero-order valence-electron chi connectivity index (χ0n) is 11.6. The van der Waals surface area contributed by atoms with Crippen molar-refractivity contribution in [2.45, 2.75) is 38.3 Å². The van der Waals surface area contributed by atoms with E-state index in [9.17, 15) is 4.79 Å². The Morgan fingerprint density at radius 1 is 1.35 bits per heavy atom. The number of halogens is 1. The van der Waals surface area contributed by atoms with E-state index < -0.39 is 0 Å². The number of hydrogen-bond donors (Lipinski definition) is 1. The number of amides is 1. The molecule has 0 aromatic carbocycles. The van der Waals surface area contributed by atoms with Crippen LogP contribution in [0, 0.1) is 5.92 Å². The van der Waals surface area contributed by atoms with Gasteiger partial charge in [0.15, 0.2) is 0 Å². The lowest BCUT2D eigenvalue weighted by Crippen LogP contribution is -2.43. The van der Waals surface area contributed by atoms with Gasteiger partial charge in [0.2, 0.25) is 5.91 Å². The number of nitrogens with zero attached hydrogens (tertiary/aromatic N) is 2. The summed E-state index contributed by atoms with van der Waals surface area (Å²) in [6.07, 6.45) is 6.24. The molecule has 1 N–H and O–H groups in total. The van der Waals surface area contributed by atoms with E-state index >= 15 is 0 Å². The first-order valence-corrected chi connectivity index (χ1v) is 7.25. The van der Waals surface area contributed by atoms with E-state index in [2.05, 4.69) is 15.2 Å². The Labute approximate surface area is 126 Å². The summed E-state index contributed by atoms with van der Waals surface area (Å²) in [6.45, 7) is 2.55. The Balaban J connectivity index is 0.00000147. The number of piperidine rings is 1. The lowest BCUT2D eigenvalue weighted by Gasteiger charge is -2.29. The minimum Gasteiger partial charge on any atom is -0.334 e. The normalized spacial score (nSPS) is 21.9. The van der Waals surface area contributed by atoms with E-state index in [-0.39, 0.29) is 18.3 Å². The minimum atomic E-state index is 0. The van der Waals surface area contributed by atoms with Crippen LogP contribution >= 0.6 is 12.4 Å². The lowest BCUT2D eigenvalue weighted by atomic mass is 9.98. The molecule has 2 aliphatic rings. The van der Waals surface area contributed by atoms with Crippen molar-refractivity contribution in [2.75, 3.05) is 13.1 Å². The number of pyridine rings is 1. The Bertz CT molecular complexity index is 430. The van der Waals surface area contributed by atoms with Gasteiger partial charge in [0, 0.05) is 18.8 Å². The van der Waals surface area contributed by atoms with Crippen molar-refractivity contribution >= 4 is 18.3 Å². The predicted molar refractivity (Wildman–Crippen MR) is 80.7 cm³/mol. The fourth-order valence-corrected chi connectivity index (χ4v) is 2.74. The van der Waals surface area contributed by atoms with Gasteiger partial charge in [0.05, 0.1) is 18.2 Å². The van der Waals surface area contributed by atoms with Gasteiger partial charge in [-0.1, -0.05) is 6.07 Å². The van der Waals surface area contributed by atoms with Crippen LogP contribution in [0.4, 0.5) is 0 Å². The third-order valence-corrected chi connectivity index (χ3v) is 3.98. The smallest absolute Gasteiger partial charge is 0.227 e. The number of carbonyl (C=O) groups excluding carboxylic acids is 1. The van der Waals surface area contributed by atoms with Gasteiger partial charge in [0.1, 0.15) is 0 Å². The molecule has 0 radical (unpaired) electrons. The van der Waals surface area contributed by atoms with Crippen molar-refractivity contribution in [1.82, 2.24) is 15.2 Å². The summed E-state index contributed by atoms with van der Waals surface area (Å²) in [7, 11) is 0. The molecule has 1 saturated heterocycles. The molecule has 2 fully saturated rings. The summed E-state index contributed by atoms with van der Waals surface area (Å²) >= 11 is 0. The van der Waals surface area contributed by atoms with Crippen LogP contribution < -0.4 is 5.32 Å². The second-order valence-electron chi connectivity index (χ2n) is 5.56. The molecule has 3 rings (SSSR count). The zero-order valence-corrected chi connectivity index (χ0v) is 12.4. The standard InChI is InChI=1S/C15H21N3O.ClH/c19-15(12-4-3-8-16-10-12)18(14-6-7-14)11-13-5-1-2-9-17-13;/h1-2,5,9,12,14,16H,3-4,6-8,10-11H2;1H. The first-order chi connectivity index (χ1) is 9.34. The van der Waals surface area contributed by atoms with Crippen LogP contribution in [0.3, 0.4) is 0 Å². The maximum Gasteiger partial charge on any atom is 0.227 e. The molecule has 1 aliphatic heterocycles. The van der Waals surface area contributed by atoms with Crippen LogP contribution in [0.15, 0.2) is 24.4 Å².